The van der Waals surface area contributed by atoms with Gasteiger partial charge in [-0.25, -0.2) is 0 Å². The van der Waals surface area contributed by atoms with E-state index < -0.39 is 0 Å². The van der Waals surface area contributed by atoms with Crippen molar-refractivity contribution in [2.75, 3.05) is 6.61 Å². The minimum Gasteiger partial charge on any atom is -0.466 e. The summed E-state index contributed by atoms with van der Waals surface area (Å²) in [7, 11) is 0. The highest BCUT2D eigenvalue weighted by Gasteiger charge is 2.30. The lowest BCUT2D eigenvalue weighted by atomic mass is 10.1. The normalized spacial score (nSPS) is 16.8. The number of esters is 1. The molecule has 0 aromatic carbocycles. The van der Waals surface area contributed by atoms with Gasteiger partial charge in [0.2, 0.25) is 0 Å². The topological polar surface area (TPSA) is 52.3 Å². The second-order valence-electron chi connectivity index (χ2n) is 5.19. The fourth-order valence-corrected chi connectivity index (χ4v) is 2.01. The van der Waals surface area contributed by atoms with Crippen molar-refractivity contribution in [3.63, 3.8) is 0 Å². The highest BCUT2D eigenvalue weighted by atomic mass is 16.5. The number of carbonyl (C=O) groups is 1. The Bertz CT molecular complexity index is 214. The Balaban J connectivity index is 1.86. The monoisotopic (exact) mass is 241 g/mol. The number of hydrogen-bond donors (Lipinski definition) is 1. The molecule has 17 heavy (non-hydrogen) atoms. The molecular formula is C14H27NO2. The van der Waals surface area contributed by atoms with E-state index in [2.05, 4.69) is 6.92 Å². The molecule has 2 N–H and O–H groups in total. The summed E-state index contributed by atoms with van der Waals surface area (Å²) < 4.78 is 5.18. The maximum Gasteiger partial charge on any atom is 0.307 e. The minimum absolute atomic E-state index is 0.0343. The van der Waals surface area contributed by atoms with Crippen LogP contribution in [0.5, 0.6) is 0 Å². The largest absolute Gasteiger partial charge is 0.466 e. The number of carbonyl (C=O) groups excluding carboxylic acids is 1. The number of rotatable bonds is 10. The highest BCUT2D eigenvalue weighted by molar-refractivity contribution is 5.70. The fourth-order valence-electron chi connectivity index (χ4n) is 2.01. The van der Waals surface area contributed by atoms with E-state index in [-0.39, 0.29) is 12.0 Å². The van der Waals surface area contributed by atoms with Crippen molar-refractivity contribution in [3.05, 3.63) is 0 Å². The molecular weight excluding hydrogens is 214 g/mol. The molecule has 0 aliphatic heterocycles. The fraction of sp³-hybridized carbons (Fsp3) is 0.929. The summed E-state index contributed by atoms with van der Waals surface area (Å²) in [6.07, 6.45) is 10.1. The van der Waals surface area contributed by atoms with E-state index in [0.717, 1.165) is 6.42 Å². The van der Waals surface area contributed by atoms with Crippen LogP contribution in [0.1, 0.15) is 64.7 Å². The summed E-state index contributed by atoms with van der Waals surface area (Å²) in [6, 6.07) is 0.0343. The van der Waals surface area contributed by atoms with E-state index in [4.69, 9.17) is 10.5 Å². The van der Waals surface area contributed by atoms with Crippen LogP contribution in [0, 0.1) is 5.92 Å². The van der Waals surface area contributed by atoms with E-state index in [0.29, 0.717) is 18.9 Å². The molecule has 0 aromatic rings. The third-order valence-corrected chi connectivity index (χ3v) is 3.39. The molecule has 1 fully saturated rings. The Morgan fingerprint density at radius 2 is 1.88 bits per heavy atom. The predicted molar refractivity (Wildman–Crippen MR) is 69.7 cm³/mol. The Morgan fingerprint density at radius 1 is 1.24 bits per heavy atom. The van der Waals surface area contributed by atoms with Gasteiger partial charge in [-0.15, -0.1) is 0 Å². The van der Waals surface area contributed by atoms with Crippen LogP contribution in [0.3, 0.4) is 0 Å². The molecule has 1 saturated carbocycles. The summed E-state index contributed by atoms with van der Waals surface area (Å²) in [6.45, 7) is 2.78. The van der Waals surface area contributed by atoms with Gasteiger partial charge in [0.15, 0.2) is 0 Å². The molecule has 0 heterocycles. The summed E-state index contributed by atoms with van der Waals surface area (Å²) in [5, 5.41) is 0. The first kappa shape index (κ1) is 14.5. The molecule has 0 saturated heterocycles. The molecule has 100 valence electrons. The second-order valence-corrected chi connectivity index (χ2v) is 5.19. The maximum atomic E-state index is 11.4. The van der Waals surface area contributed by atoms with Crippen LogP contribution in [0.15, 0.2) is 0 Å². The van der Waals surface area contributed by atoms with Gasteiger partial charge in [0.25, 0.3) is 0 Å². The first-order chi connectivity index (χ1) is 8.24. The summed E-state index contributed by atoms with van der Waals surface area (Å²) in [5.74, 6) is 0.467. The maximum absolute atomic E-state index is 11.4. The van der Waals surface area contributed by atoms with Gasteiger partial charge in [-0.3, -0.25) is 4.79 Å². The standard InChI is InChI=1S/C14H27NO2/c1-2-3-4-5-6-7-10-17-14(16)11-13(15)12-8-9-12/h12-13H,2-11,15H2,1H3. The molecule has 1 atom stereocenters. The summed E-state index contributed by atoms with van der Waals surface area (Å²) >= 11 is 0. The lowest BCUT2D eigenvalue weighted by Crippen LogP contribution is -2.27. The molecule has 1 aliphatic rings. The van der Waals surface area contributed by atoms with Crippen molar-refractivity contribution in [2.24, 2.45) is 11.7 Å². The zero-order valence-electron chi connectivity index (χ0n) is 11.1. The molecule has 3 heteroatoms. The third-order valence-electron chi connectivity index (χ3n) is 3.39. The van der Waals surface area contributed by atoms with Crippen LogP contribution in [0.25, 0.3) is 0 Å². The number of ether oxygens (including phenoxy) is 1. The number of hydrogen-bond acceptors (Lipinski definition) is 3. The average molecular weight is 241 g/mol. The molecule has 1 rings (SSSR count). The Labute approximate surface area is 105 Å². The van der Waals surface area contributed by atoms with Gasteiger partial charge >= 0.3 is 5.97 Å². The highest BCUT2D eigenvalue weighted by Crippen LogP contribution is 2.32. The number of unbranched alkanes of at least 4 members (excludes halogenated alkanes) is 5. The molecule has 1 aliphatic carbocycles. The van der Waals surface area contributed by atoms with Gasteiger partial charge in [0.1, 0.15) is 0 Å². The van der Waals surface area contributed by atoms with E-state index in [9.17, 15) is 4.79 Å². The van der Waals surface area contributed by atoms with Gasteiger partial charge in [0.05, 0.1) is 13.0 Å². The van der Waals surface area contributed by atoms with Gasteiger partial charge in [0, 0.05) is 6.04 Å². The van der Waals surface area contributed by atoms with Gasteiger partial charge in [-0.05, 0) is 25.2 Å². The van der Waals surface area contributed by atoms with E-state index in [1.54, 1.807) is 0 Å². The van der Waals surface area contributed by atoms with Crippen molar-refractivity contribution < 1.29 is 9.53 Å². The van der Waals surface area contributed by atoms with Gasteiger partial charge < -0.3 is 10.5 Å². The number of nitrogens with two attached hydrogens (primary N) is 1. The smallest absolute Gasteiger partial charge is 0.307 e. The van der Waals surface area contributed by atoms with Crippen molar-refractivity contribution in [2.45, 2.75) is 70.8 Å². The molecule has 0 amide bonds. The molecule has 3 nitrogen and oxygen atoms in total. The molecule has 0 bridgehead atoms. The minimum atomic E-state index is -0.113. The van der Waals surface area contributed by atoms with Crippen LogP contribution in [0.4, 0.5) is 0 Å². The lowest BCUT2D eigenvalue weighted by molar-refractivity contribution is -0.144. The Morgan fingerprint density at radius 3 is 2.53 bits per heavy atom. The van der Waals surface area contributed by atoms with Crippen LogP contribution in [-0.2, 0) is 9.53 Å². The van der Waals surface area contributed by atoms with Crippen molar-refractivity contribution in [1.82, 2.24) is 0 Å². The average Bonchev–Trinajstić information content (AvgIpc) is 3.11. The SMILES string of the molecule is CCCCCCCCOC(=O)CC(N)C1CC1. The predicted octanol–water partition coefficient (Wildman–Crippen LogP) is 3.02. The van der Waals surface area contributed by atoms with Gasteiger partial charge in [-0.2, -0.15) is 0 Å². The zero-order valence-corrected chi connectivity index (χ0v) is 11.1. The lowest BCUT2D eigenvalue weighted by Gasteiger charge is -2.09. The molecule has 1 unspecified atom stereocenters. The first-order valence-corrected chi connectivity index (χ1v) is 7.15. The quantitative estimate of drug-likeness (QED) is 0.472. The van der Waals surface area contributed by atoms with Crippen LogP contribution < -0.4 is 5.73 Å². The first-order valence-electron chi connectivity index (χ1n) is 7.15. The Hall–Kier alpha value is -0.570. The van der Waals surface area contributed by atoms with E-state index in [1.807, 2.05) is 0 Å². The summed E-state index contributed by atoms with van der Waals surface area (Å²) in [5.41, 5.74) is 5.86. The zero-order chi connectivity index (χ0) is 12.5. The second kappa shape index (κ2) is 8.51. The molecule has 0 radical (unpaired) electrons. The van der Waals surface area contributed by atoms with Crippen molar-refractivity contribution in [3.8, 4) is 0 Å². The van der Waals surface area contributed by atoms with Crippen LogP contribution >= 0.6 is 0 Å². The van der Waals surface area contributed by atoms with Crippen LogP contribution in [0.2, 0.25) is 0 Å². The Kier molecular flexibility index (Phi) is 7.25. The van der Waals surface area contributed by atoms with Gasteiger partial charge in [-0.1, -0.05) is 39.0 Å². The van der Waals surface area contributed by atoms with Crippen molar-refractivity contribution >= 4 is 5.97 Å². The molecule has 0 aromatic heterocycles. The van der Waals surface area contributed by atoms with E-state index in [1.165, 1.54) is 44.9 Å². The van der Waals surface area contributed by atoms with Crippen LogP contribution in [-0.4, -0.2) is 18.6 Å². The van der Waals surface area contributed by atoms with Crippen molar-refractivity contribution in [1.29, 1.82) is 0 Å². The molecule has 0 spiro atoms. The van der Waals surface area contributed by atoms with E-state index >= 15 is 0 Å². The third kappa shape index (κ3) is 7.37. The summed E-state index contributed by atoms with van der Waals surface area (Å²) in [4.78, 5) is 11.4.